The lowest BCUT2D eigenvalue weighted by Gasteiger charge is -2.31. The fourth-order valence-electron chi connectivity index (χ4n) is 2.55. The number of fused-ring (bicyclic) bond motifs is 1. The predicted molar refractivity (Wildman–Crippen MR) is 79.4 cm³/mol. The van der Waals surface area contributed by atoms with Gasteiger partial charge in [0.1, 0.15) is 0 Å². The lowest BCUT2D eigenvalue weighted by atomic mass is 9.98. The third-order valence-corrected chi connectivity index (χ3v) is 4.25. The third-order valence-electron chi connectivity index (χ3n) is 3.55. The number of rotatable bonds is 5. The molecule has 0 bridgehead atoms. The van der Waals surface area contributed by atoms with Crippen LogP contribution in [-0.2, 0) is 12.8 Å². The molecule has 0 atom stereocenters. The zero-order valence-corrected chi connectivity index (χ0v) is 11.9. The highest BCUT2D eigenvalue weighted by atomic mass is 32.2. The van der Waals surface area contributed by atoms with Gasteiger partial charge in [-0.25, -0.2) is 0 Å². The van der Waals surface area contributed by atoms with E-state index in [1.807, 2.05) is 11.8 Å². The summed E-state index contributed by atoms with van der Waals surface area (Å²) in [5.41, 5.74) is 4.54. The molecule has 0 aromatic heterocycles. The number of nitrogens with zero attached hydrogens (tertiary/aromatic N) is 1. The van der Waals surface area contributed by atoms with Crippen molar-refractivity contribution in [2.45, 2.75) is 32.6 Å². The second kappa shape index (κ2) is 6.34. The summed E-state index contributed by atoms with van der Waals surface area (Å²) in [4.78, 5) is 2.59. The Kier molecular flexibility index (Phi) is 4.78. The van der Waals surface area contributed by atoms with E-state index in [1.54, 1.807) is 5.56 Å². The van der Waals surface area contributed by atoms with Crippen LogP contribution in [0.4, 0.5) is 5.69 Å². The minimum atomic E-state index is 1.14. The Morgan fingerprint density at radius 2 is 2.24 bits per heavy atom. The average Bonchev–Trinajstić information content (AvgIpc) is 2.39. The standard InChI is InChI=1S/C15H23NS/c1-3-13-7-8-14-6-4-9-16(15(14)12-13)10-5-11-17-2/h7-8,12H,3-6,9-11H2,1-2H3. The number of thioether (sulfide) groups is 1. The van der Waals surface area contributed by atoms with Gasteiger partial charge in [-0.1, -0.05) is 19.1 Å². The molecule has 1 aliphatic heterocycles. The van der Waals surface area contributed by atoms with Crippen LogP contribution >= 0.6 is 11.8 Å². The fraction of sp³-hybridized carbons (Fsp3) is 0.600. The van der Waals surface area contributed by atoms with E-state index in [-0.39, 0.29) is 0 Å². The lowest BCUT2D eigenvalue weighted by Crippen LogP contribution is -2.30. The van der Waals surface area contributed by atoms with Crippen molar-refractivity contribution >= 4 is 17.4 Å². The van der Waals surface area contributed by atoms with Gasteiger partial charge in [0.2, 0.25) is 0 Å². The zero-order chi connectivity index (χ0) is 12.1. The van der Waals surface area contributed by atoms with Crippen LogP contribution in [0, 0.1) is 0 Å². The first-order valence-electron chi connectivity index (χ1n) is 6.71. The molecule has 1 aromatic rings. The maximum absolute atomic E-state index is 2.59. The summed E-state index contributed by atoms with van der Waals surface area (Å²) in [6, 6.07) is 7.05. The van der Waals surface area contributed by atoms with Gasteiger partial charge < -0.3 is 4.90 Å². The van der Waals surface area contributed by atoms with Crippen LogP contribution in [0.3, 0.4) is 0 Å². The van der Waals surface area contributed by atoms with Crippen molar-refractivity contribution in [1.82, 2.24) is 0 Å². The van der Waals surface area contributed by atoms with Crippen molar-refractivity contribution < 1.29 is 0 Å². The molecule has 0 saturated heterocycles. The highest BCUT2D eigenvalue weighted by Gasteiger charge is 2.16. The molecule has 0 amide bonds. The van der Waals surface area contributed by atoms with Gasteiger partial charge >= 0.3 is 0 Å². The Bertz CT molecular complexity index is 362. The van der Waals surface area contributed by atoms with E-state index >= 15 is 0 Å². The molecule has 0 fully saturated rings. The van der Waals surface area contributed by atoms with Gasteiger partial charge in [0, 0.05) is 18.8 Å². The monoisotopic (exact) mass is 249 g/mol. The van der Waals surface area contributed by atoms with Gasteiger partial charge in [-0.05, 0) is 54.9 Å². The first-order chi connectivity index (χ1) is 8.35. The Morgan fingerprint density at radius 3 is 3.00 bits per heavy atom. The normalized spacial score (nSPS) is 14.8. The van der Waals surface area contributed by atoms with Crippen molar-refractivity contribution in [2.24, 2.45) is 0 Å². The van der Waals surface area contributed by atoms with Crippen LogP contribution < -0.4 is 4.90 Å². The van der Waals surface area contributed by atoms with Crippen LogP contribution in [0.25, 0.3) is 0 Å². The molecule has 1 aromatic carbocycles. The lowest BCUT2D eigenvalue weighted by molar-refractivity contribution is 0.682. The van der Waals surface area contributed by atoms with E-state index in [9.17, 15) is 0 Å². The minimum Gasteiger partial charge on any atom is -0.371 e. The Hall–Kier alpha value is -0.630. The third kappa shape index (κ3) is 3.19. The van der Waals surface area contributed by atoms with E-state index in [0.29, 0.717) is 0 Å². The highest BCUT2D eigenvalue weighted by Crippen LogP contribution is 2.28. The van der Waals surface area contributed by atoms with Gasteiger partial charge in [0.15, 0.2) is 0 Å². The first kappa shape index (κ1) is 12.8. The molecule has 2 rings (SSSR count). The number of hydrogen-bond acceptors (Lipinski definition) is 2. The molecule has 1 aliphatic rings. The summed E-state index contributed by atoms with van der Waals surface area (Å²) in [5.74, 6) is 1.28. The van der Waals surface area contributed by atoms with Gasteiger partial charge in [-0.15, -0.1) is 0 Å². The van der Waals surface area contributed by atoms with Crippen molar-refractivity contribution in [3.63, 3.8) is 0 Å². The maximum Gasteiger partial charge on any atom is 0.0401 e. The molecule has 0 spiro atoms. The number of hydrogen-bond donors (Lipinski definition) is 0. The first-order valence-corrected chi connectivity index (χ1v) is 8.10. The fourth-order valence-corrected chi connectivity index (χ4v) is 2.97. The predicted octanol–water partition coefficient (Wildman–Crippen LogP) is 3.75. The topological polar surface area (TPSA) is 3.24 Å². The summed E-state index contributed by atoms with van der Waals surface area (Å²) < 4.78 is 0. The van der Waals surface area contributed by atoms with Gasteiger partial charge in [-0.3, -0.25) is 0 Å². The van der Waals surface area contributed by atoms with Crippen LogP contribution in [0.15, 0.2) is 18.2 Å². The maximum atomic E-state index is 2.59. The largest absolute Gasteiger partial charge is 0.371 e. The molecule has 17 heavy (non-hydrogen) atoms. The second-order valence-corrected chi connectivity index (χ2v) is 5.74. The quantitative estimate of drug-likeness (QED) is 0.731. The zero-order valence-electron chi connectivity index (χ0n) is 11.0. The van der Waals surface area contributed by atoms with E-state index < -0.39 is 0 Å². The van der Waals surface area contributed by atoms with Gasteiger partial charge in [0.05, 0.1) is 0 Å². The van der Waals surface area contributed by atoms with Crippen LogP contribution in [0.1, 0.15) is 30.9 Å². The minimum absolute atomic E-state index is 1.14. The van der Waals surface area contributed by atoms with Gasteiger partial charge in [0.25, 0.3) is 0 Å². The summed E-state index contributed by atoms with van der Waals surface area (Å²) in [6.07, 6.45) is 7.22. The molecular weight excluding hydrogens is 226 g/mol. The Balaban J connectivity index is 2.11. The highest BCUT2D eigenvalue weighted by molar-refractivity contribution is 7.98. The second-order valence-electron chi connectivity index (χ2n) is 4.75. The molecule has 1 heterocycles. The molecule has 0 N–H and O–H groups in total. The Morgan fingerprint density at radius 1 is 1.35 bits per heavy atom. The van der Waals surface area contributed by atoms with E-state index in [4.69, 9.17) is 0 Å². The summed E-state index contributed by atoms with van der Waals surface area (Å²) in [5, 5.41) is 0. The molecule has 0 saturated carbocycles. The molecule has 1 nitrogen and oxygen atoms in total. The van der Waals surface area contributed by atoms with Crippen LogP contribution in [-0.4, -0.2) is 25.1 Å². The molecule has 0 radical (unpaired) electrons. The van der Waals surface area contributed by atoms with E-state index in [2.05, 4.69) is 36.3 Å². The summed E-state index contributed by atoms with van der Waals surface area (Å²) in [6.45, 7) is 4.71. The molecule has 2 heteroatoms. The van der Waals surface area contributed by atoms with Crippen LogP contribution in [0.2, 0.25) is 0 Å². The molecular formula is C15H23NS. The molecule has 0 aliphatic carbocycles. The van der Waals surface area contributed by atoms with E-state index in [1.165, 1.54) is 49.4 Å². The number of aryl methyl sites for hydroxylation is 2. The Labute approximate surface area is 110 Å². The average molecular weight is 249 g/mol. The molecule has 0 unspecified atom stereocenters. The SMILES string of the molecule is CCc1ccc2c(c1)N(CCCSC)CCC2. The molecule has 94 valence electrons. The van der Waals surface area contributed by atoms with Crippen LogP contribution in [0.5, 0.6) is 0 Å². The summed E-state index contributed by atoms with van der Waals surface area (Å²) >= 11 is 1.95. The number of benzene rings is 1. The van der Waals surface area contributed by atoms with Crippen molar-refractivity contribution in [2.75, 3.05) is 30.0 Å². The van der Waals surface area contributed by atoms with E-state index in [0.717, 1.165) is 6.42 Å². The van der Waals surface area contributed by atoms with Crippen molar-refractivity contribution in [3.8, 4) is 0 Å². The number of anilines is 1. The smallest absolute Gasteiger partial charge is 0.0401 e. The van der Waals surface area contributed by atoms with Crippen molar-refractivity contribution in [3.05, 3.63) is 29.3 Å². The van der Waals surface area contributed by atoms with Gasteiger partial charge in [-0.2, -0.15) is 11.8 Å². The van der Waals surface area contributed by atoms with Crippen molar-refractivity contribution in [1.29, 1.82) is 0 Å². The summed E-state index contributed by atoms with van der Waals surface area (Å²) in [7, 11) is 0.